The molecule has 14 heavy (non-hydrogen) atoms. The summed E-state index contributed by atoms with van der Waals surface area (Å²) in [6.07, 6.45) is 0.145. The molecule has 0 aliphatic carbocycles. The second-order valence-electron chi connectivity index (χ2n) is 3.09. The maximum Gasteiger partial charge on any atom is 0.347 e. The Morgan fingerprint density at radius 1 is 1.64 bits per heavy atom. The van der Waals surface area contributed by atoms with Crippen LogP contribution in [0.1, 0.15) is 5.56 Å². The molecule has 0 amide bonds. The zero-order valence-electron chi connectivity index (χ0n) is 7.62. The Morgan fingerprint density at radius 2 is 2.43 bits per heavy atom. The quantitative estimate of drug-likeness (QED) is 0.586. The van der Waals surface area contributed by atoms with Crippen molar-refractivity contribution in [2.45, 2.75) is 12.5 Å². The van der Waals surface area contributed by atoms with Crippen LogP contribution in [0.2, 0.25) is 0 Å². The van der Waals surface area contributed by atoms with Crippen LogP contribution in [0, 0.1) is 3.57 Å². The Balaban J connectivity index is 2.22. The van der Waals surface area contributed by atoms with Gasteiger partial charge in [0.25, 0.3) is 0 Å². The number of carbonyl (C=O) groups is 1. The van der Waals surface area contributed by atoms with Gasteiger partial charge < -0.3 is 9.47 Å². The summed E-state index contributed by atoms with van der Waals surface area (Å²) >= 11 is 2.24. The van der Waals surface area contributed by atoms with Crippen LogP contribution < -0.4 is 4.74 Å². The van der Waals surface area contributed by atoms with Crippen molar-refractivity contribution in [2.24, 2.45) is 0 Å². The molecule has 0 saturated carbocycles. The molecule has 0 unspecified atom stereocenters. The zero-order chi connectivity index (χ0) is 10.1. The molecule has 74 valence electrons. The van der Waals surface area contributed by atoms with Gasteiger partial charge in [0.1, 0.15) is 5.75 Å². The predicted octanol–water partition coefficient (Wildman–Crippen LogP) is 1.77. The lowest BCUT2D eigenvalue weighted by atomic mass is 10.1. The number of ether oxygens (including phenoxy) is 2. The van der Waals surface area contributed by atoms with Crippen LogP contribution in [0.15, 0.2) is 18.2 Å². The number of hydrogen-bond acceptors (Lipinski definition) is 3. The summed E-state index contributed by atoms with van der Waals surface area (Å²) in [4.78, 5) is 11.2. The van der Waals surface area contributed by atoms with Crippen LogP contribution in [0.25, 0.3) is 0 Å². The average molecular weight is 304 g/mol. The van der Waals surface area contributed by atoms with Gasteiger partial charge in [-0.15, -0.1) is 0 Å². The second kappa shape index (κ2) is 3.76. The fourth-order valence-corrected chi connectivity index (χ4v) is 2.04. The minimum absolute atomic E-state index is 0.309. The fraction of sp³-hybridized carbons (Fsp3) is 0.300. The van der Waals surface area contributed by atoms with Crippen molar-refractivity contribution in [2.75, 3.05) is 7.11 Å². The number of esters is 1. The molecule has 0 radical (unpaired) electrons. The first-order valence-electron chi connectivity index (χ1n) is 4.23. The van der Waals surface area contributed by atoms with Gasteiger partial charge in [-0.1, -0.05) is 0 Å². The maximum absolute atomic E-state index is 11.2. The highest BCUT2D eigenvalue weighted by Gasteiger charge is 2.29. The van der Waals surface area contributed by atoms with E-state index in [1.54, 1.807) is 0 Å². The molecule has 1 atom stereocenters. The molecule has 1 aliphatic heterocycles. The zero-order valence-corrected chi connectivity index (χ0v) is 9.78. The number of hydrogen-bond donors (Lipinski definition) is 0. The van der Waals surface area contributed by atoms with Gasteiger partial charge in [-0.05, 0) is 46.4 Å². The van der Waals surface area contributed by atoms with Gasteiger partial charge in [0.2, 0.25) is 0 Å². The summed E-state index contributed by atoms with van der Waals surface area (Å²) in [5, 5.41) is 0. The number of benzene rings is 1. The van der Waals surface area contributed by atoms with E-state index in [1.165, 1.54) is 7.11 Å². The fourth-order valence-electron chi connectivity index (χ4n) is 1.48. The van der Waals surface area contributed by atoms with Gasteiger partial charge in [0.15, 0.2) is 6.10 Å². The Bertz CT molecular complexity index is 376. The summed E-state index contributed by atoms with van der Waals surface area (Å²) in [5.74, 6) is 0.483. The maximum atomic E-state index is 11.2. The Hall–Kier alpha value is -0.780. The van der Waals surface area contributed by atoms with E-state index in [0.717, 1.165) is 14.9 Å². The van der Waals surface area contributed by atoms with E-state index in [4.69, 9.17) is 4.74 Å². The van der Waals surface area contributed by atoms with Crippen molar-refractivity contribution in [3.05, 3.63) is 27.3 Å². The molecular weight excluding hydrogens is 295 g/mol. The van der Waals surface area contributed by atoms with Crippen molar-refractivity contribution in [1.29, 1.82) is 0 Å². The summed E-state index contributed by atoms with van der Waals surface area (Å²) in [5.41, 5.74) is 1.08. The molecule has 2 rings (SSSR count). The van der Waals surface area contributed by atoms with E-state index in [2.05, 4.69) is 27.3 Å². The molecule has 0 bridgehead atoms. The first kappa shape index (κ1) is 9.76. The third-order valence-electron chi connectivity index (χ3n) is 2.16. The molecule has 0 N–H and O–H groups in total. The Kier molecular flexibility index (Phi) is 2.62. The third-order valence-corrected chi connectivity index (χ3v) is 2.83. The molecule has 0 saturated heterocycles. The first-order valence-corrected chi connectivity index (χ1v) is 5.31. The van der Waals surface area contributed by atoms with Gasteiger partial charge >= 0.3 is 5.97 Å². The van der Waals surface area contributed by atoms with Gasteiger partial charge in [0, 0.05) is 9.99 Å². The number of fused-ring (bicyclic) bond motifs is 1. The molecule has 1 aromatic carbocycles. The van der Waals surface area contributed by atoms with Crippen LogP contribution >= 0.6 is 22.6 Å². The molecule has 1 heterocycles. The van der Waals surface area contributed by atoms with E-state index in [1.807, 2.05) is 18.2 Å². The van der Waals surface area contributed by atoms with Crippen molar-refractivity contribution in [3.63, 3.8) is 0 Å². The van der Waals surface area contributed by atoms with Crippen molar-refractivity contribution in [1.82, 2.24) is 0 Å². The average Bonchev–Trinajstić information content (AvgIpc) is 2.59. The van der Waals surface area contributed by atoms with Crippen molar-refractivity contribution >= 4 is 28.6 Å². The molecular formula is C10H9IO3. The topological polar surface area (TPSA) is 35.5 Å². The van der Waals surface area contributed by atoms with Gasteiger partial charge in [-0.25, -0.2) is 4.79 Å². The summed E-state index contributed by atoms with van der Waals surface area (Å²) in [6.45, 7) is 0. The lowest BCUT2D eigenvalue weighted by Crippen LogP contribution is -2.26. The number of halogens is 1. The molecule has 0 aromatic heterocycles. The first-order chi connectivity index (χ1) is 6.70. The molecule has 0 spiro atoms. The SMILES string of the molecule is COC(=O)[C@@H]1Cc2cc(I)ccc2O1. The lowest BCUT2D eigenvalue weighted by Gasteiger charge is -2.06. The monoisotopic (exact) mass is 304 g/mol. The van der Waals surface area contributed by atoms with Crippen LogP contribution in [0.5, 0.6) is 5.75 Å². The largest absolute Gasteiger partial charge is 0.478 e. The minimum Gasteiger partial charge on any atom is -0.478 e. The van der Waals surface area contributed by atoms with Crippen LogP contribution in [0.3, 0.4) is 0 Å². The molecule has 4 heteroatoms. The molecule has 1 aliphatic rings. The minimum atomic E-state index is -0.465. The van der Waals surface area contributed by atoms with Gasteiger partial charge in [-0.3, -0.25) is 0 Å². The van der Waals surface area contributed by atoms with Gasteiger partial charge in [0.05, 0.1) is 7.11 Å². The Morgan fingerprint density at radius 3 is 3.14 bits per heavy atom. The third kappa shape index (κ3) is 1.70. The van der Waals surface area contributed by atoms with E-state index in [0.29, 0.717) is 6.42 Å². The van der Waals surface area contributed by atoms with E-state index in [-0.39, 0.29) is 5.97 Å². The second-order valence-corrected chi connectivity index (χ2v) is 4.33. The molecule has 1 aromatic rings. The molecule has 3 nitrogen and oxygen atoms in total. The van der Waals surface area contributed by atoms with Crippen molar-refractivity contribution < 1.29 is 14.3 Å². The summed E-state index contributed by atoms with van der Waals surface area (Å²) in [6, 6.07) is 5.87. The highest BCUT2D eigenvalue weighted by molar-refractivity contribution is 14.1. The van der Waals surface area contributed by atoms with Crippen LogP contribution in [0.4, 0.5) is 0 Å². The number of carbonyl (C=O) groups excluding carboxylic acids is 1. The predicted molar refractivity (Wildman–Crippen MR) is 59.3 cm³/mol. The summed E-state index contributed by atoms with van der Waals surface area (Å²) in [7, 11) is 1.37. The highest BCUT2D eigenvalue weighted by atomic mass is 127. The number of methoxy groups -OCH3 is 1. The van der Waals surface area contributed by atoms with E-state index < -0.39 is 6.10 Å². The van der Waals surface area contributed by atoms with Gasteiger partial charge in [-0.2, -0.15) is 0 Å². The number of rotatable bonds is 1. The van der Waals surface area contributed by atoms with Crippen LogP contribution in [-0.2, 0) is 16.0 Å². The Labute approximate surface area is 95.5 Å². The standard InChI is InChI=1S/C10H9IO3/c1-13-10(12)9-5-6-4-7(11)2-3-8(6)14-9/h2-4,9H,5H2,1H3/t9-/m0/s1. The smallest absolute Gasteiger partial charge is 0.347 e. The van der Waals surface area contributed by atoms with Crippen LogP contribution in [-0.4, -0.2) is 19.2 Å². The molecule has 0 fully saturated rings. The van der Waals surface area contributed by atoms with E-state index >= 15 is 0 Å². The normalized spacial score (nSPS) is 18.6. The van der Waals surface area contributed by atoms with Crippen molar-refractivity contribution in [3.8, 4) is 5.75 Å². The lowest BCUT2D eigenvalue weighted by molar-refractivity contribution is -0.147. The van der Waals surface area contributed by atoms with E-state index in [9.17, 15) is 4.79 Å². The summed E-state index contributed by atoms with van der Waals surface area (Å²) < 4.78 is 11.2. The highest BCUT2D eigenvalue weighted by Crippen LogP contribution is 2.30.